The van der Waals surface area contributed by atoms with Gasteiger partial charge in [-0.3, -0.25) is 0 Å². The molecule has 0 amide bonds. The Balaban J connectivity index is 5.19. The molecule has 3 nitrogen and oxygen atoms in total. The zero-order valence-corrected chi connectivity index (χ0v) is 11.0. The average Bonchev–Trinajstić information content (AvgIpc) is 1.82. The molecule has 4 heteroatoms. The Bertz CT molecular complexity index is 166. The van der Waals surface area contributed by atoms with Crippen LogP contribution in [-0.2, 0) is 0 Å². The molecule has 13 heavy (non-hydrogen) atoms. The maximum atomic E-state index is 4.13. The molecule has 0 saturated carbocycles. The molecule has 0 N–H and O–H groups in total. The highest BCUT2D eigenvalue weighted by molar-refractivity contribution is 6.78. The van der Waals surface area contributed by atoms with E-state index in [-0.39, 0.29) is 0 Å². The van der Waals surface area contributed by atoms with E-state index in [9.17, 15) is 0 Å². The second-order valence-electron chi connectivity index (χ2n) is 4.10. The first-order valence-electron chi connectivity index (χ1n) is 4.46. The number of hydrogen-bond donors (Lipinski definition) is 0. The van der Waals surface area contributed by atoms with Crippen LogP contribution in [0.3, 0.4) is 0 Å². The molecular weight excluding hydrogens is 178 g/mol. The minimum absolute atomic E-state index is 1.26. The molecule has 0 unspecified atom stereocenters. The van der Waals surface area contributed by atoms with Gasteiger partial charge in [-0.15, -0.1) is 6.58 Å². The summed E-state index contributed by atoms with van der Waals surface area (Å²) in [7, 11) is 11.0. The zero-order valence-electron chi connectivity index (χ0n) is 10.0. The number of allylic oxidation sites excluding steroid dienone is 1. The van der Waals surface area contributed by atoms with E-state index in [1.165, 1.54) is 5.20 Å². The van der Waals surface area contributed by atoms with Gasteiger partial charge in [0.1, 0.15) is 0 Å². The number of hydrogen-bond acceptors (Lipinski definition) is 3. The van der Waals surface area contributed by atoms with Gasteiger partial charge in [-0.2, -0.15) is 0 Å². The van der Waals surface area contributed by atoms with Crippen LogP contribution in [0.2, 0.25) is 0 Å². The second-order valence-corrected chi connectivity index (χ2v) is 8.91. The number of nitrogens with zero attached hydrogens (tertiary/aromatic N) is 3. The van der Waals surface area contributed by atoms with Crippen molar-refractivity contribution in [3.05, 3.63) is 11.8 Å². The van der Waals surface area contributed by atoms with E-state index in [0.717, 1.165) is 0 Å². The first kappa shape index (κ1) is 12.8. The van der Waals surface area contributed by atoms with Crippen LogP contribution >= 0.6 is 0 Å². The van der Waals surface area contributed by atoms with Crippen LogP contribution in [0.4, 0.5) is 0 Å². The summed E-state index contributed by atoms with van der Waals surface area (Å²) in [5, 5.41) is 1.26. The lowest BCUT2D eigenvalue weighted by Gasteiger charge is -2.46. The molecule has 0 aliphatic rings. The Morgan fingerprint density at radius 2 is 1.08 bits per heavy atom. The minimum Gasteiger partial charge on any atom is -0.302 e. The predicted molar refractivity (Wildman–Crippen MR) is 61.6 cm³/mol. The van der Waals surface area contributed by atoms with Gasteiger partial charge in [-0.1, -0.05) is 0 Å². The summed E-state index contributed by atoms with van der Waals surface area (Å²) in [5.41, 5.74) is 0. The summed E-state index contributed by atoms with van der Waals surface area (Å²) in [4.78, 5) is 0. The molecule has 0 aromatic rings. The first-order chi connectivity index (χ1) is 5.77. The lowest BCUT2D eigenvalue weighted by atomic mass is 10.8. The normalized spacial score (nSPS) is 13.1. The van der Waals surface area contributed by atoms with Gasteiger partial charge in [0.15, 0.2) is 0 Å². The molecule has 0 fully saturated rings. The van der Waals surface area contributed by atoms with Crippen molar-refractivity contribution in [2.24, 2.45) is 0 Å². The Kier molecular flexibility index (Phi) is 4.31. The molecule has 0 saturated heterocycles. The minimum atomic E-state index is -1.80. The summed E-state index contributed by atoms with van der Waals surface area (Å²) < 4.78 is 6.90. The van der Waals surface area contributed by atoms with E-state index in [4.69, 9.17) is 0 Å². The quantitative estimate of drug-likeness (QED) is 0.621. The van der Waals surface area contributed by atoms with E-state index in [1.54, 1.807) is 0 Å². The summed E-state index contributed by atoms with van der Waals surface area (Å²) in [6.07, 6.45) is 0. The highest BCUT2D eigenvalue weighted by Crippen LogP contribution is 2.19. The van der Waals surface area contributed by atoms with Crippen LogP contribution in [0.1, 0.15) is 6.92 Å². The zero-order chi connectivity index (χ0) is 10.8. The Morgan fingerprint density at radius 3 is 1.08 bits per heavy atom. The lowest BCUT2D eigenvalue weighted by Crippen LogP contribution is -2.70. The average molecular weight is 201 g/mol. The van der Waals surface area contributed by atoms with Gasteiger partial charge < -0.3 is 13.7 Å². The predicted octanol–water partition coefficient (Wildman–Crippen LogP) is 0.725. The summed E-state index contributed by atoms with van der Waals surface area (Å²) in [6.45, 7) is 6.25. The topological polar surface area (TPSA) is 9.72 Å². The molecule has 0 rings (SSSR count). The van der Waals surface area contributed by atoms with Gasteiger partial charge in [-0.05, 0) is 54.4 Å². The van der Waals surface area contributed by atoms with E-state index in [0.29, 0.717) is 0 Å². The highest BCUT2D eigenvalue weighted by Gasteiger charge is 2.43. The molecule has 0 atom stereocenters. The van der Waals surface area contributed by atoms with Crippen molar-refractivity contribution >= 4 is 8.56 Å². The van der Waals surface area contributed by atoms with Crippen LogP contribution in [-0.4, -0.2) is 64.5 Å². The molecule has 0 aromatic carbocycles. The monoisotopic (exact) mass is 201 g/mol. The lowest BCUT2D eigenvalue weighted by molar-refractivity contribution is 0.390. The van der Waals surface area contributed by atoms with Crippen LogP contribution in [0.25, 0.3) is 0 Å². The first-order valence-corrected chi connectivity index (χ1v) is 6.30. The van der Waals surface area contributed by atoms with Gasteiger partial charge in [0.2, 0.25) is 0 Å². The van der Waals surface area contributed by atoms with Gasteiger partial charge in [0, 0.05) is 0 Å². The molecule has 0 aliphatic carbocycles. The van der Waals surface area contributed by atoms with Crippen LogP contribution in [0.5, 0.6) is 0 Å². The third-order valence-electron chi connectivity index (χ3n) is 2.44. The molecule has 0 spiro atoms. The smallest absolute Gasteiger partial charge is 0.302 e. The van der Waals surface area contributed by atoms with Crippen LogP contribution in [0.15, 0.2) is 11.8 Å². The van der Waals surface area contributed by atoms with E-state index in [2.05, 4.69) is 69.5 Å². The van der Waals surface area contributed by atoms with Crippen LogP contribution in [0, 0.1) is 0 Å². The van der Waals surface area contributed by atoms with E-state index in [1.807, 2.05) is 0 Å². The Morgan fingerprint density at radius 1 is 0.846 bits per heavy atom. The largest absolute Gasteiger partial charge is 0.317 e. The third-order valence-corrected chi connectivity index (χ3v) is 7.33. The van der Waals surface area contributed by atoms with E-state index >= 15 is 0 Å². The number of rotatable bonds is 4. The Hall–Kier alpha value is -0.163. The fourth-order valence-electron chi connectivity index (χ4n) is 2.35. The molecule has 0 radical (unpaired) electrons. The fraction of sp³-hybridized carbons (Fsp3) is 0.778. The fourth-order valence-corrected chi connectivity index (χ4v) is 7.04. The summed E-state index contributed by atoms with van der Waals surface area (Å²) >= 11 is 0. The maximum Gasteiger partial charge on any atom is 0.317 e. The van der Waals surface area contributed by atoms with Crippen molar-refractivity contribution in [1.82, 2.24) is 13.7 Å². The molecule has 0 aromatic heterocycles. The molecular formula is C9H23N3Si. The molecule has 0 heterocycles. The van der Waals surface area contributed by atoms with Crippen molar-refractivity contribution in [1.29, 1.82) is 0 Å². The van der Waals surface area contributed by atoms with Crippen molar-refractivity contribution in [3.63, 3.8) is 0 Å². The van der Waals surface area contributed by atoms with Crippen LogP contribution < -0.4 is 0 Å². The highest BCUT2D eigenvalue weighted by atomic mass is 28.4. The van der Waals surface area contributed by atoms with Gasteiger partial charge in [0.25, 0.3) is 0 Å². The van der Waals surface area contributed by atoms with E-state index < -0.39 is 8.56 Å². The SMILES string of the molecule is C=C(C)[Si](N(C)C)(N(C)C)N(C)C. The summed E-state index contributed by atoms with van der Waals surface area (Å²) in [6, 6.07) is 0. The van der Waals surface area contributed by atoms with Gasteiger partial charge >= 0.3 is 8.56 Å². The van der Waals surface area contributed by atoms with Crippen molar-refractivity contribution in [2.75, 3.05) is 42.3 Å². The third kappa shape index (κ3) is 2.02. The molecule has 0 aliphatic heterocycles. The van der Waals surface area contributed by atoms with Gasteiger partial charge in [-0.25, -0.2) is 0 Å². The Labute approximate surface area is 83.9 Å². The molecule has 0 bridgehead atoms. The molecule has 78 valence electrons. The maximum absolute atomic E-state index is 4.13. The summed E-state index contributed by atoms with van der Waals surface area (Å²) in [5.74, 6) is 0. The van der Waals surface area contributed by atoms with Crippen molar-refractivity contribution < 1.29 is 0 Å². The standard InChI is InChI=1S/C9H23N3Si/c1-9(2)13(10(3)4,11(5)6)12(7)8/h1H2,2-8H3. The van der Waals surface area contributed by atoms with Gasteiger partial charge in [0.05, 0.1) is 0 Å². The van der Waals surface area contributed by atoms with Crippen molar-refractivity contribution in [3.8, 4) is 0 Å². The second kappa shape index (κ2) is 4.37. The van der Waals surface area contributed by atoms with Crippen molar-refractivity contribution in [2.45, 2.75) is 6.92 Å².